The minimum atomic E-state index is -5.17. The van der Waals surface area contributed by atoms with Crippen LogP contribution in [-0.4, -0.2) is 53.4 Å². The molecule has 0 radical (unpaired) electrons. The average Bonchev–Trinajstić information content (AvgIpc) is 2.65. The first-order chi connectivity index (χ1) is 13.5. The first-order valence-corrected chi connectivity index (χ1v) is 9.32. The number of hydrogen-bond donors (Lipinski definition) is 2. The van der Waals surface area contributed by atoms with Gasteiger partial charge in [-0.2, -0.15) is 0 Å². The SMILES string of the molecule is CCCOC(=O)c1ccccc1O.COC(=O)c1ccccc1O.O=S(=O)([O-])[O-].[Zn+2]. The fraction of sp³-hybridized carbons (Fsp3) is 0.222. The van der Waals surface area contributed by atoms with Gasteiger partial charge in [-0.25, -0.2) is 9.59 Å². The van der Waals surface area contributed by atoms with E-state index in [1.54, 1.807) is 24.3 Å². The van der Waals surface area contributed by atoms with Crippen LogP contribution in [0.4, 0.5) is 0 Å². The average molecular weight is 494 g/mol. The van der Waals surface area contributed by atoms with Gasteiger partial charge in [0.2, 0.25) is 0 Å². The van der Waals surface area contributed by atoms with Gasteiger partial charge >= 0.3 is 31.4 Å². The topological polar surface area (TPSA) is 173 Å². The molecule has 0 amide bonds. The molecule has 0 aliphatic rings. The summed E-state index contributed by atoms with van der Waals surface area (Å²) in [7, 11) is -3.89. The maximum atomic E-state index is 11.2. The number of phenolic OH excluding ortho intramolecular Hbond substituents is 2. The molecule has 0 aromatic heterocycles. The number of para-hydroxylation sites is 2. The van der Waals surface area contributed by atoms with E-state index in [0.717, 1.165) is 6.42 Å². The monoisotopic (exact) mass is 492 g/mol. The van der Waals surface area contributed by atoms with Crippen LogP contribution in [0.1, 0.15) is 34.1 Å². The molecule has 30 heavy (non-hydrogen) atoms. The van der Waals surface area contributed by atoms with Crippen molar-refractivity contribution in [3.63, 3.8) is 0 Å². The van der Waals surface area contributed by atoms with Crippen LogP contribution in [0.5, 0.6) is 11.5 Å². The summed E-state index contributed by atoms with van der Waals surface area (Å²) < 4.78 is 43.4. The molecule has 2 N–H and O–H groups in total. The number of aromatic hydroxyl groups is 2. The van der Waals surface area contributed by atoms with Crippen molar-refractivity contribution >= 4 is 22.3 Å². The zero-order chi connectivity index (χ0) is 22.4. The van der Waals surface area contributed by atoms with Gasteiger partial charge in [0.05, 0.1) is 13.7 Å². The molecular weight excluding hydrogens is 474 g/mol. The van der Waals surface area contributed by atoms with Gasteiger partial charge in [-0.1, -0.05) is 31.2 Å². The predicted molar refractivity (Wildman–Crippen MR) is 98.6 cm³/mol. The molecule has 2 aromatic rings. The van der Waals surface area contributed by atoms with Crippen molar-refractivity contribution < 1.29 is 66.3 Å². The first kappa shape index (κ1) is 29.7. The van der Waals surface area contributed by atoms with Gasteiger partial charge in [-0.05, 0) is 30.7 Å². The van der Waals surface area contributed by atoms with Gasteiger partial charge in [0.1, 0.15) is 22.6 Å². The van der Waals surface area contributed by atoms with E-state index >= 15 is 0 Å². The number of rotatable bonds is 4. The standard InChI is InChI=1S/C10H12O3.C8H8O3.H2O4S.Zn/c1-2-7-13-10(12)8-5-3-4-6-9(8)11;1-11-8(10)6-4-2-3-5-7(6)9;1-5(2,3)4;/h3-6,11H,2,7H2,1H3;2-5,9H,1H3;(H2,1,2,3,4);/q;;;+2/p-2. The Morgan fingerprint density at radius 2 is 1.27 bits per heavy atom. The summed E-state index contributed by atoms with van der Waals surface area (Å²) in [5, 5.41) is 18.4. The van der Waals surface area contributed by atoms with Crippen LogP contribution in [-0.2, 0) is 39.4 Å². The summed E-state index contributed by atoms with van der Waals surface area (Å²) in [6.07, 6.45) is 0.777. The van der Waals surface area contributed by atoms with Crippen molar-refractivity contribution in [3.8, 4) is 11.5 Å². The fourth-order valence-electron chi connectivity index (χ4n) is 1.67. The Labute approximate surface area is 186 Å². The van der Waals surface area contributed by atoms with Crippen molar-refractivity contribution in [1.82, 2.24) is 0 Å². The minimum absolute atomic E-state index is 0. The van der Waals surface area contributed by atoms with E-state index in [2.05, 4.69) is 4.74 Å². The van der Waals surface area contributed by atoms with E-state index in [4.69, 9.17) is 27.4 Å². The quantitative estimate of drug-likeness (QED) is 0.276. The Hall–Kier alpha value is -2.53. The second kappa shape index (κ2) is 15.3. The van der Waals surface area contributed by atoms with Gasteiger partial charge < -0.3 is 28.8 Å². The number of carbonyl (C=O) groups is 2. The van der Waals surface area contributed by atoms with Gasteiger partial charge in [-0.3, -0.25) is 8.42 Å². The summed E-state index contributed by atoms with van der Waals surface area (Å²) >= 11 is 0. The Bertz CT molecular complexity index is 891. The van der Waals surface area contributed by atoms with Crippen LogP contribution in [0.15, 0.2) is 48.5 Å². The summed E-state index contributed by atoms with van der Waals surface area (Å²) in [6, 6.07) is 12.6. The van der Waals surface area contributed by atoms with Gasteiger partial charge in [0.25, 0.3) is 0 Å². The van der Waals surface area contributed by atoms with Crippen molar-refractivity contribution in [3.05, 3.63) is 59.7 Å². The van der Waals surface area contributed by atoms with Crippen LogP contribution >= 0.6 is 0 Å². The number of esters is 2. The van der Waals surface area contributed by atoms with Crippen LogP contribution in [0, 0.1) is 0 Å². The van der Waals surface area contributed by atoms with Gasteiger partial charge in [-0.15, -0.1) is 0 Å². The number of carbonyl (C=O) groups excluding carboxylic acids is 2. The Balaban J connectivity index is 0. The molecule has 0 atom stereocenters. The first-order valence-electron chi connectivity index (χ1n) is 7.99. The number of benzene rings is 2. The number of ether oxygens (including phenoxy) is 2. The Kier molecular flexibility index (Phi) is 15.2. The molecule has 2 rings (SSSR count). The number of phenols is 2. The van der Waals surface area contributed by atoms with E-state index in [1.807, 2.05) is 6.92 Å². The molecule has 0 aliphatic carbocycles. The van der Waals surface area contributed by atoms with Crippen LogP contribution in [0.3, 0.4) is 0 Å². The second-order valence-electron chi connectivity index (χ2n) is 5.07. The van der Waals surface area contributed by atoms with Crippen molar-refractivity contribution in [2.75, 3.05) is 13.7 Å². The van der Waals surface area contributed by atoms with Crippen molar-refractivity contribution in [2.24, 2.45) is 0 Å². The minimum Gasteiger partial charge on any atom is -0.759 e. The third-order valence-corrected chi connectivity index (χ3v) is 2.87. The zero-order valence-corrected chi connectivity index (χ0v) is 20.1. The molecule has 10 nitrogen and oxygen atoms in total. The third kappa shape index (κ3) is 13.6. The molecule has 0 fully saturated rings. The van der Waals surface area contributed by atoms with E-state index in [0.29, 0.717) is 6.61 Å². The smallest absolute Gasteiger partial charge is 0.759 e. The van der Waals surface area contributed by atoms with E-state index < -0.39 is 22.3 Å². The Morgan fingerprint density at radius 3 is 1.60 bits per heavy atom. The van der Waals surface area contributed by atoms with Crippen molar-refractivity contribution in [1.29, 1.82) is 0 Å². The zero-order valence-electron chi connectivity index (χ0n) is 16.3. The summed E-state index contributed by atoms with van der Waals surface area (Å²) in [5.74, 6) is -1.09. The number of hydrogen-bond acceptors (Lipinski definition) is 10. The predicted octanol–water partition coefficient (Wildman–Crippen LogP) is 1.80. The van der Waals surface area contributed by atoms with E-state index in [1.165, 1.54) is 31.4 Å². The molecule has 2 aromatic carbocycles. The maximum absolute atomic E-state index is 11.2. The van der Waals surface area contributed by atoms with Gasteiger partial charge in [0.15, 0.2) is 0 Å². The van der Waals surface area contributed by atoms with E-state index in [-0.39, 0.29) is 42.1 Å². The van der Waals surface area contributed by atoms with Crippen LogP contribution in [0.2, 0.25) is 0 Å². The summed E-state index contributed by atoms with van der Waals surface area (Å²) in [4.78, 5) is 22.1. The molecule has 0 saturated heterocycles. The Morgan fingerprint density at radius 1 is 0.900 bits per heavy atom. The van der Waals surface area contributed by atoms with Gasteiger partial charge in [0, 0.05) is 10.4 Å². The number of methoxy groups -OCH3 is 1. The fourth-order valence-corrected chi connectivity index (χ4v) is 1.67. The summed E-state index contributed by atoms with van der Waals surface area (Å²) in [6.45, 7) is 2.30. The molecular formula is C18H20O10SZn. The second-order valence-corrected chi connectivity index (χ2v) is 5.89. The molecule has 12 heteroatoms. The van der Waals surface area contributed by atoms with Crippen LogP contribution in [0.25, 0.3) is 0 Å². The molecule has 0 unspecified atom stereocenters. The van der Waals surface area contributed by atoms with Crippen LogP contribution < -0.4 is 0 Å². The molecule has 0 spiro atoms. The van der Waals surface area contributed by atoms with E-state index in [9.17, 15) is 14.7 Å². The largest absolute Gasteiger partial charge is 2.00 e. The summed E-state index contributed by atoms with van der Waals surface area (Å²) in [5.41, 5.74) is 0.408. The molecule has 0 heterocycles. The molecule has 0 saturated carbocycles. The maximum Gasteiger partial charge on any atom is 2.00 e. The third-order valence-electron chi connectivity index (χ3n) is 2.87. The van der Waals surface area contributed by atoms with Crippen molar-refractivity contribution in [2.45, 2.75) is 13.3 Å². The molecule has 160 valence electrons. The normalized spacial score (nSPS) is 9.47. The molecule has 0 aliphatic heterocycles. The molecule has 0 bridgehead atoms.